The van der Waals surface area contributed by atoms with Crippen molar-refractivity contribution in [1.82, 2.24) is 16.0 Å². The van der Waals surface area contributed by atoms with Gasteiger partial charge in [0.1, 0.15) is 0 Å². The summed E-state index contributed by atoms with van der Waals surface area (Å²) in [4.78, 5) is 11.1. The molecule has 0 aliphatic carbocycles. The highest BCUT2D eigenvalue weighted by atomic mass is 16.3. The van der Waals surface area contributed by atoms with Crippen molar-refractivity contribution in [2.45, 2.75) is 25.4 Å². The van der Waals surface area contributed by atoms with Crippen LogP contribution in [0.1, 0.15) is 19.3 Å². The average Bonchev–Trinajstić information content (AvgIpc) is 2.16. The molecule has 1 fully saturated rings. The Morgan fingerprint density at radius 1 is 1.54 bits per heavy atom. The molecule has 0 radical (unpaired) electrons. The van der Waals surface area contributed by atoms with Gasteiger partial charge in [0, 0.05) is 6.54 Å². The summed E-state index contributed by atoms with van der Waals surface area (Å²) in [5, 5.41) is 17.0. The molecular weight excluding hydrogens is 170 g/mol. The first kappa shape index (κ1) is 10.3. The Balaban J connectivity index is 2.11. The number of nitrogens with one attached hydrogen (secondary N) is 3. The van der Waals surface area contributed by atoms with Crippen molar-refractivity contribution < 1.29 is 9.90 Å². The average molecular weight is 187 g/mol. The fraction of sp³-hybridized carbons (Fsp3) is 0.875. The van der Waals surface area contributed by atoms with Crippen LogP contribution in [-0.4, -0.2) is 37.0 Å². The molecule has 1 heterocycles. The summed E-state index contributed by atoms with van der Waals surface area (Å²) in [6, 6.07) is -0.214. The topological polar surface area (TPSA) is 73.4 Å². The monoisotopic (exact) mass is 187 g/mol. The van der Waals surface area contributed by atoms with Gasteiger partial charge < -0.3 is 15.7 Å². The fourth-order valence-corrected chi connectivity index (χ4v) is 1.35. The molecular formula is C8H17N3O2. The summed E-state index contributed by atoms with van der Waals surface area (Å²) < 4.78 is 0. The molecule has 1 unspecified atom stereocenters. The van der Waals surface area contributed by atoms with Gasteiger partial charge in [-0.2, -0.15) is 0 Å². The predicted octanol–water partition coefficient (Wildman–Crippen LogP) is -0.622. The lowest BCUT2D eigenvalue weighted by Gasteiger charge is -2.24. The molecule has 1 atom stereocenters. The largest absolute Gasteiger partial charge is 0.395 e. The SMILES string of the molecule is O=C(NCCO)NC1CCCCN1. The molecule has 1 saturated heterocycles. The van der Waals surface area contributed by atoms with Crippen molar-refractivity contribution in [2.24, 2.45) is 0 Å². The van der Waals surface area contributed by atoms with Crippen LogP contribution >= 0.6 is 0 Å². The summed E-state index contributed by atoms with van der Waals surface area (Å²) >= 11 is 0. The molecule has 1 rings (SSSR count). The van der Waals surface area contributed by atoms with Gasteiger partial charge in [-0.1, -0.05) is 0 Å². The van der Waals surface area contributed by atoms with E-state index in [9.17, 15) is 4.79 Å². The Hall–Kier alpha value is -0.810. The third-order valence-corrected chi connectivity index (χ3v) is 2.01. The summed E-state index contributed by atoms with van der Waals surface area (Å²) in [7, 11) is 0. The maximum absolute atomic E-state index is 11.1. The van der Waals surface area contributed by atoms with Gasteiger partial charge in [-0.15, -0.1) is 0 Å². The van der Waals surface area contributed by atoms with Crippen molar-refractivity contribution >= 4 is 6.03 Å². The van der Waals surface area contributed by atoms with Crippen LogP contribution in [0.4, 0.5) is 4.79 Å². The highest BCUT2D eigenvalue weighted by molar-refractivity contribution is 5.74. The van der Waals surface area contributed by atoms with Gasteiger partial charge in [0.2, 0.25) is 0 Å². The van der Waals surface area contributed by atoms with Crippen molar-refractivity contribution in [3.05, 3.63) is 0 Å². The second kappa shape index (κ2) is 5.77. The maximum atomic E-state index is 11.1. The number of hydrogen-bond acceptors (Lipinski definition) is 3. The van der Waals surface area contributed by atoms with Crippen LogP contribution < -0.4 is 16.0 Å². The number of aliphatic hydroxyl groups excluding tert-OH is 1. The summed E-state index contributed by atoms with van der Waals surface area (Å²) in [5.74, 6) is 0. The van der Waals surface area contributed by atoms with E-state index >= 15 is 0 Å². The molecule has 76 valence electrons. The van der Waals surface area contributed by atoms with Crippen LogP contribution in [0.5, 0.6) is 0 Å². The highest BCUT2D eigenvalue weighted by Gasteiger charge is 2.13. The Morgan fingerprint density at radius 3 is 3.00 bits per heavy atom. The number of piperidine rings is 1. The zero-order valence-electron chi connectivity index (χ0n) is 7.68. The highest BCUT2D eigenvalue weighted by Crippen LogP contribution is 2.03. The van der Waals surface area contributed by atoms with Crippen LogP contribution in [0.3, 0.4) is 0 Å². The number of carbonyl (C=O) groups is 1. The van der Waals surface area contributed by atoms with E-state index in [1.807, 2.05) is 0 Å². The standard InChI is InChI=1S/C8H17N3O2/c12-6-5-10-8(13)11-7-3-1-2-4-9-7/h7,9,12H,1-6H2,(H2,10,11,13). The quantitative estimate of drug-likeness (QED) is 0.475. The lowest BCUT2D eigenvalue weighted by atomic mass is 10.1. The molecule has 0 saturated carbocycles. The second-order valence-corrected chi connectivity index (χ2v) is 3.13. The zero-order chi connectivity index (χ0) is 9.52. The van der Waals surface area contributed by atoms with E-state index in [-0.39, 0.29) is 18.8 Å². The molecule has 4 N–H and O–H groups in total. The van der Waals surface area contributed by atoms with Gasteiger partial charge in [0.05, 0.1) is 12.8 Å². The minimum Gasteiger partial charge on any atom is -0.395 e. The predicted molar refractivity (Wildman–Crippen MR) is 49.3 cm³/mol. The van der Waals surface area contributed by atoms with E-state index in [1.165, 1.54) is 6.42 Å². The first-order valence-electron chi connectivity index (χ1n) is 4.71. The number of hydrogen-bond donors (Lipinski definition) is 4. The Labute approximate surface area is 77.9 Å². The van der Waals surface area contributed by atoms with E-state index < -0.39 is 0 Å². The van der Waals surface area contributed by atoms with E-state index in [1.54, 1.807) is 0 Å². The first-order chi connectivity index (χ1) is 6.33. The Kier molecular flexibility index (Phi) is 4.56. The minimum absolute atomic E-state index is 0.0223. The van der Waals surface area contributed by atoms with Gasteiger partial charge in [0.25, 0.3) is 0 Å². The molecule has 0 spiro atoms. The molecule has 2 amide bonds. The summed E-state index contributed by atoms with van der Waals surface area (Å²) in [6.45, 7) is 1.25. The summed E-state index contributed by atoms with van der Waals surface area (Å²) in [6.07, 6.45) is 3.40. The third kappa shape index (κ3) is 4.10. The third-order valence-electron chi connectivity index (χ3n) is 2.01. The van der Waals surface area contributed by atoms with Gasteiger partial charge in [-0.25, -0.2) is 4.79 Å². The molecule has 1 aliphatic heterocycles. The van der Waals surface area contributed by atoms with Crippen molar-refractivity contribution in [2.75, 3.05) is 19.7 Å². The molecule has 0 bridgehead atoms. The normalized spacial score (nSPS) is 22.4. The molecule has 0 aromatic rings. The molecule has 13 heavy (non-hydrogen) atoms. The lowest BCUT2D eigenvalue weighted by Crippen LogP contribution is -2.51. The number of aliphatic hydroxyl groups is 1. The van der Waals surface area contributed by atoms with Gasteiger partial charge >= 0.3 is 6.03 Å². The minimum atomic E-state index is -0.214. The van der Waals surface area contributed by atoms with Crippen LogP contribution in [-0.2, 0) is 0 Å². The number of amides is 2. The van der Waals surface area contributed by atoms with Crippen LogP contribution in [0.15, 0.2) is 0 Å². The summed E-state index contributed by atoms with van der Waals surface area (Å²) in [5.41, 5.74) is 0. The molecule has 5 heteroatoms. The molecule has 0 aromatic carbocycles. The van der Waals surface area contributed by atoms with Gasteiger partial charge in [0.15, 0.2) is 0 Å². The molecule has 1 aliphatic rings. The van der Waals surface area contributed by atoms with E-state index in [0.29, 0.717) is 6.54 Å². The lowest BCUT2D eigenvalue weighted by molar-refractivity contribution is 0.224. The van der Waals surface area contributed by atoms with Crippen molar-refractivity contribution in [3.63, 3.8) is 0 Å². The molecule has 5 nitrogen and oxygen atoms in total. The number of rotatable bonds is 3. The van der Waals surface area contributed by atoms with Crippen LogP contribution in [0.25, 0.3) is 0 Å². The van der Waals surface area contributed by atoms with Gasteiger partial charge in [-0.3, -0.25) is 5.32 Å². The smallest absolute Gasteiger partial charge is 0.316 e. The van der Waals surface area contributed by atoms with E-state index in [4.69, 9.17) is 5.11 Å². The van der Waals surface area contributed by atoms with E-state index in [2.05, 4.69) is 16.0 Å². The fourth-order valence-electron chi connectivity index (χ4n) is 1.35. The maximum Gasteiger partial charge on any atom is 0.316 e. The molecule has 0 aromatic heterocycles. The number of carbonyl (C=O) groups excluding carboxylic acids is 1. The Morgan fingerprint density at radius 2 is 2.38 bits per heavy atom. The second-order valence-electron chi connectivity index (χ2n) is 3.13. The van der Waals surface area contributed by atoms with Crippen LogP contribution in [0, 0.1) is 0 Å². The van der Waals surface area contributed by atoms with Crippen molar-refractivity contribution in [3.8, 4) is 0 Å². The Bertz CT molecular complexity index is 157. The number of urea groups is 1. The van der Waals surface area contributed by atoms with Crippen molar-refractivity contribution in [1.29, 1.82) is 0 Å². The first-order valence-corrected chi connectivity index (χ1v) is 4.71. The van der Waals surface area contributed by atoms with Gasteiger partial charge in [-0.05, 0) is 25.8 Å². The van der Waals surface area contributed by atoms with E-state index in [0.717, 1.165) is 19.4 Å². The van der Waals surface area contributed by atoms with Crippen LogP contribution in [0.2, 0.25) is 0 Å². The zero-order valence-corrected chi connectivity index (χ0v) is 7.68.